The van der Waals surface area contributed by atoms with Crippen molar-refractivity contribution in [3.63, 3.8) is 0 Å². The number of hydrogen-bond acceptors (Lipinski definition) is 2. The lowest BCUT2D eigenvalue weighted by Crippen LogP contribution is -2.42. The maximum Gasteiger partial charge on any atom is 0.191 e. The Morgan fingerprint density at radius 3 is 2.45 bits per heavy atom. The molecule has 0 aromatic heterocycles. The van der Waals surface area contributed by atoms with Crippen molar-refractivity contribution in [3.05, 3.63) is 29.8 Å². The Bertz CT molecular complexity index is 458. The van der Waals surface area contributed by atoms with Gasteiger partial charge in [0, 0.05) is 39.4 Å². The van der Waals surface area contributed by atoms with E-state index in [1.54, 1.807) is 0 Å². The van der Waals surface area contributed by atoms with E-state index in [9.17, 15) is 0 Å². The maximum atomic E-state index is 4.32. The largest absolute Gasteiger partial charge is 0.378 e. The Morgan fingerprint density at radius 2 is 1.86 bits per heavy atom. The fourth-order valence-corrected chi connectivity index (χ4v) is 2.92. The molecule has 122 valence electrons. The predicted octanol–water partition coefficient (Wildman–Crippen LogP) is 2.79. The summed E-state index contributed by atoms with van der Waals surface area (Å²) in [6.45, 7) is 0.960. The van der Waals surface area contributed by atoms with Crippen LogP contribution >= 0.6 is 0 Å². The van der Waals surface area contributed by atoms with E-state index in [0.717, 1.165) is 25.3 Å². The Balaban J connectivity index is 1.67. The quantitative estimate of drug-likeness (QED) is 0.482. The molecule has 0 amide bonds. The predicted molar refractivity (Wildman–Crippen MR) is 95.8 cm³/mol. The van der Waals surface area contributed by atoms with Gasteiger partial charge in [-0.2, -0.15) is 0 Å². The summed E-state index contributed by atoms with van der Waals surface area (Å²) in [7, 11) is 5.99. The first kappa shape index (κ1) is 16.7. The molecular formula is C18H30N4. The third-order valence-electron chi connectivity index (χ3n) is 4.31. The number of aryl methyl sites for hydroxylation is 1. The summed E-state index contributed by atoms with van der Waals surface area (Å²) in [4.78, 5) is 6.44. The number of hydrogen-bond donors (Lipinski definition) is 2. The zero-order valence-corrected chi connectivity index (χ0v) is 14.2. The van der Waals surface area contributed by atoms with Gasteiger partial charge in [0.2, 0.25) is 0 Å². The highest BCUT2D eigenvalue weighted by molar-refractivity contribution is 5.79. The third-order valence-corrected chi connectivity index (χ3v) is 4.31. The minimum atomic E-state index is 0.616. The smallest absolute Gasteiger partial charge is 0.191 e. The summed E-state index contributed by atoms with van der Waals surface area (Å²) in [6.07, 6.45) is 7.46. The molecule has 0 radical (unpaired) electrons. The molecule has 1 aromatic carbocycles. The standard InChI is InChI=1S/C18H30N4/c1-19-18(21-16-8-4-5-9-16)20-14-6-7-15-10-12-17(13-11-15)22(2)3/h10-13,16H,4-9,14H2,1-3H3,(H2,19,20,21). The summed E-state index contributed by atoms with van der Waals surface area (Å²) < 4.78 is 0. The SMILES string of the molecule is CN=C(NCCCc1ccc(N(C)C)cc1)NC1CCCC1. The lowest BCUT2D eigenvalue weighted by Gasteiger charge is -2.17. The van der Waals surface area contributed by atoms with Gasteiger partial charge in [-0.3, -0.25) is 4.99 Å². The zero-order chi connectivity index (χ0) is 15.8. The molecule has 1 aliphatic carbocycles. The van der Waals surface area contributed by atoms with E-state index in [2.05, 4.69) is 58.9 Å². The topological polar surface area (TPSA) is 39.7 Å². The van der Waals surface area contributed by atoms with E-state index in [1.165, 1.54) is 36.9 Å². The van der Waals surface area contributed by atoms with Crippen molar-refractivity contribution in [2.75, 3.05) is 32.6 Å². The molecule has 2 N–H and O–H groups in total. The first-order valence-corrected chi connectivity index (χ1v) is 8.42. The number of anilines is 1. The Hall–Kier alpha value is -1.71. The normalized spacial score (nSPS) is 15.9. The van der Waals surface area contributed by atoms with E-state index in [-0.39, 0.29) is 0 Å². The fourth-order valence-electron chi connectivity index (χ4n) is 2.92. The number of nitrogens with one attached hydrogen (secondary N) is 2. The van der Waals surface area contributed by atoms with Crippen LogP contribution in [0.1, 0.15) is 37.7 Å². The van der Waals surface area contributed by atoms with Crippen LogP contribution in [0.15, 0.2) is 29.3 Å². The molecule has 0 atom stereocenters. The summed E-state index contributed by atoms with van der Waals surface area (Å²) in [5, 5.41) is 6.94. The van der Waals surface area contributed by atoms with Crippen molar-refractivity contribution in [1.29, 1.82) is 0 Å². The number of rotatable bonds is 6. The van der Waals surface area contributed by atoms with Crippen molar-refractivity contribution in [2.45, 2.75) is 44.6 Å². The van der Waals surface area contributed by atoms with E-state index in [1.807, 2.05) is 7.05 Å². The average Bonchev–Trinajstić information content (AvgIpc) is 3.03. The van der Waals surface area contributed by atoms with Gasteiger partial charge in [0.15, 0.2) is 5.96 Å². The minimum Gasteiger partial charge on any atom is -0.378 e. The van der Waals surface area contributed by atoms with Gasteiger partial charge in [0.25, 0.3) is 0 Å². The van der Waals surface area contributed by atoms with E-state index in [4.69, 9.17) is 0 Å². The van der Waals surface area contributed by atoms with Crippen LogP contribution < -0.4 is 15.5 Å². The van der Waals surface area contributed by atoms with Crippen LogP contribution in [-0.4, -0.2) is 39.7 Å². The molecule has 0 heterocycles. The van der Waals surface area contributed by atoms with Gasteiger partial charge in [-0.25, -0.2) is 0 Å². The molecule has 0 bridgehead atoms. The molecule has 1 aromatic rings. The second-order valence-electron chi connectivity index (χ2n) is 6.29. The monoisotopic (exact) mass is 302 g/mol. The fraction of sp³-hybridized carbons (Fsp3) is 0.611. The minimum absolute atomic E-state index is 0.616. The van der Waals surface area contributed by atoms with Gasteiger partial charge in [-0.15, -0.1) is 0 Å². The lowest BCUT2D eigenvalue weighted by molar-refractivity contribution is 0.610. The molecule has 2 rings (SSSR count). The van der Waals surface area contributed by atoms with Gasteiger partial charge in [0.1, 0.15) is 0 Å². The molecule has 22 heavy (non-hydrogen) atoms. The van der Waals surface area contributed by atoms with Crippen LogP contribution in [0.5, 0.6) is 0 Å². The molecule has 4 nitrogen and oxygen atoms in total. The molecule has 0 unspecified atom stereocenters. The average molecular weight is 302 g/mol. The lowest BCUT2D eigenvalue weighted by atomic mass is 10.1. The number of aliphatic imine (C=N–C) groups is 1. The van der Waals surface area contributed by atoms with Crippen LogP contribution in [0.2, 0.25) is 0 Å². The number of nitrogens with zero attached hydrogens (tertiary/aromatic N) is 2. The van der Waals surface area contributed by atoms with E-state index >= 15 is 0 Å². The summed E-state index contributed by atoms with van der Waals surface area (Å²) in [5.74, 6) is 0.954. The van der Waals surface area contributed by atoms with Crippen LogP contribution in [0.4, 0.5) is 5.69 Å². The highest BCUT2D eigenvalue weighted by Crippen LogP contribution is 2.17. The summed E-state index contributed by atoms with van der Waals surface area (Å²) >= 11 is 0. The summed E-state index contributed by atoms with van der Waals surface area (Å²) in [6, 6.07) is 9.43. The highest BCUT2D eigenvalue weighted by atomic mass is 15.2. The Morgan fingerprint density at radius 1 is 1.18 bits per heavy atom. The zero-order valence-electron chi connectivity index (χ0n) is 14.2. The van der Waals surface area contributed by atoms with Crippen LogP contribution in [-0.2, 0) is 6.42 Å². The number of guanidine groups is 1. The molecule has 0 saturated heterocycles. The van der Waals surface area contributed by atoms with Crippen molar-refractivity contribution < 1.29 is 0 Å². The van der Waals surface area contributed by atoms with Gasteiger partial charge in [-0.05, 0) is 43.4 Å². The van der Waals surface area contributed by atoms with Gasteiger partial charge in [-0.1, -0.05) is 25.0 Å². The van der Waals surface area contributed by atoms with Crippen LogP contribution in [0, 0.1) is 0 Å². The van der Waals surface area contributed by atoms with Crippen LogP contribution in [0.3, 0.4) is 0 Å². The summed E-state index contributed by atoms with van der Waals surface area (Å²) in [5.41, 5.74) is 2.65. The van der Waals surface area contributed by atoms with Crippen molar-refractivity contribution in [2.24, 2.45) is 4.99 Å². The molecule has 0 aliphatic heterocycles. The molecule has 1 aliphatic rings. The Kier molecular flexibility index (Phi) is 6.56. The van der Waals surface area contributed by atoms with E-state index in [0.29, 0.717) is 6.04 Å². The molecular weight excluding hydrogens is 272 g/mol. The maximum absolute atomic E-state index is 4.32. The van der Waals surface area contributed by atoms with Gasteiger partial charge < -0.3 is 15.5 Å². The third kappa shape index (κ3) is 5.24. The Labute approximate surface area is 135 Å². The second-order valence-corrected chi connectivity index (χ2v) is 6.29. The van der Waals surface area contributed by atoms with Gasteiger partial charge in [0.05, 0.1) is 0 Å². The van der Waals surface area contributed by atoms with Gasteiger partial charge >= 0.3 is 0 Å². The van der Waals surface area contributed by atoms with Crippen molar-refractivity contribution in [1.82, 2.24) is 10.6 Å². The van der Waals surface area contributed by atoms with Crippen molar-refractivity contribution in [3.8, 4) is 0 Å². The number of benzene rings is 1. The molecule has 1 fully saturated rings. The first-order valence-electron chi connectivity index (χ1n) is 8.42. The first-order chi connectivity index (χ1) is 10.7. The molecule has 4 heteroatoms. The second kappa shape index (κ2) is 8.66. The van der Waals surface area contributed by atoms with Crippen molar-refractivity contribution >= 4 is 11.6 Å². The van der Waals surface area contributed by atoms with Crippen LogP contribution in [0.25, 0.3) is 0 Å². The van der Waals surface area contributed by atoms with E-state index < -0.39 is 0 Å². The highest BCUT2D eigenvalue weighted by Gasteiger charge is 2.15. The molecule has 0 spiro atoms. The molecule has 1 saturated carbocycles.